The van der Waals surface area contributed by atoms with Crippen molar-refractivity contribution >= 4 is 39.8 Å². The van der Waals surface area contributed by atoms with E-state index >= 15 is 0 Å². The van der Waals surface area contributed by atoms with Crippen LogP contribution in [0.5, 0.6) is 0 Å². The molecule has 0 aliphatic carbocycles. The van der Waals surface area contributed by atoms with Gasteiger partial charge >= 0.3 is 0 Å². The minimum Gasteiger partial charge on any atom is -0.348 e. The van der Waals surface area contributed by atoms with Crippen LogP contribution in [0.25, 0.3) is 0 Å². The largest absolute Gasteiger partial charge is 0.348 e. The van der Waals surface area contributed by atoms with Crippen LogP contribution in [-0.4, -0.2) is 5.29 Å². The van der Waals surface area contributed by atoms with Gasteiger partial charge in [0.15, 0.2) is 5.29 Å². The Kier molecular flexibility index (Phi) is 3.05. The van der Waals surface area contributed by atoms with Gasteiger partial charge in [0.05, 0.1) is 5.03 Å². The molecule has 0 amide bonds. The Morgan fingerprint density at radius 1 is 1.40 bits per heavy atom. The van der Waals surface area contributed by atoms with Gasteiger partial charge in [0.1, 0.15) is 6.04 Å². The summed E-state index contributed by atoms with van der Waals surface area (Å²) in [6.07, 6.45) is 1.60. The highest BCUT2D eigenvalue weighted by atomic mass is 35.5. The summed E-state index contributed by atoms with van der Waals surface area (Å²) in [5, 5.41) is 6.24. The Morgan fingerprint density at radius 2 is 2.13 bits per heavy atom. The van der Waals surface area contributed by atoms with Crippen molar-refractivity contribution in [3.05, 3.63) is 32.6 Å². The van der Waals surface area contributed by atoms with Gasteiger partial charge in [-0.1, -0.05) is 11.6 Å². The molecule has 15 heavy (non-hydrogen) atoms. The molecule has 0 saturated heterocycles. The molecule has 1 aliphatic rings. The van der Waals surface area contributed by atoms with E-state index in [2.05, 4.69) is 29.5 Å². The van der Waals surface area contributed by atoms with Crippen LogP contribution in [0.3, 0.4) is 0 Å². The van der Waals surface area contributed by atoms with E-state index in [1.807, 2.05) is 0 Å². The molecule has 80 valence electrons. The van der Waals surface area contributed by atoms with Crippen molar-refractivity contribution in [2.45, 2.75) is 19.9 Å². The van der Waals surface area contributed by atoms with Gasteiger partial charge < -0.3 is 5.32 Å². The lowest BCUT2D eigenvalue weighted by molar-refractivity contribution is 0.780. The normalized spacial score (nSPS) is 20.7. The molecule has 2 nitrogen and oxygen atoms in total. The maximum Gasteiger partial charge on any atom is 0.196 e. The molecule has 5 heteroatoms. The van der Waals surface area contributed by atoms with E-state index < -0.39 is 0 Å². The number of thiophene rings is 1. The molecule has 0 aromatic carbocycles. The number of aliphatic imine (C=N–C) groups is 1. The third-order valence-corrected chi connectivity index (χ3v) is 4.22. The van der Waals surface area contributed by atoms with Gasteiger partial charge in [-0.15, -0.1) is 11.3 Å². The number of hydrogen-bond acceptors (Lipinski definition) is 3. The molecule has 1 aromatic heterocycles. The Bertz CT molecular complexity index is 448. The summed E-state index contributed by atoms with van der Waals surface area (Å²) in [4.78, 5) is 5.10. The fourth-order valence-corrected chi connectivity index (χ4v) is 2.99. The highest BCUT2D eigenvalue weighted by Gasteiger charge is 2.22. The zero-order chi connectivity index (χ0) is 11.0. The van der Waals surface area contributed by atoms with Gasteiger partial charge in [0, 0.05) is 11.1 Å². The number of halogens is 2. The number of hydrogen-bond donors (Lipinski definition) is 1. The molecule has 1 unspecified atom stereocenters. The van der Waals surface area contributed by atoms with E-state index in [0.29, 0.717) is 10.3 Å². The minimum atomic E-state index is -0.0460. The lowest BCUT2D eigenvalue weighted by Gasteiger charge is -2.20. The zero-order valence-corrected chi connectivity index (χ0v) is 10.7. The third kappa shape index (κ3) is 2.05. The number of nitrogens with zero attached hydrogens (tertiary/aromatic N) is 1. The number of nitrogens with one attached hydrogen (secondary N) is 1. The minimum absolute atomic E-state index is 0.0460. The van der Waals surface area contributed by atoms with Gasteiger partial charge in [-0.25, -0.2) is 4.99 Å². The van der Waals surface area contributed by atoms with E-state index in [9.17, 15) is 0 Å². The SMILES string of the molecule is Cc1csc(C2NC(Cl)=NC=C2Cl)c1C. The first-order valence-corrected chi connectivity index (χ1v) is 6.13. The fourth-order valence-electron chi connectivity index (χ4n) is 1.42. The van der Waals surface area contributed by atoms with E-state index in [1.165, 1.54) is 16.0 Å². The molecule has 0 bridgehead atoms. The van der Waals surface area contributed by atoms with E-state index in [4.69, 9.17) is 23.2 Å². The Labute approximate surface area is 103 Å². The van der Waals surface area contributed by atoms with Crippen molar-refractivity contribution < 1.29 is 0 Å². The fraction of sp³-hybridized carbons (Fsp3) is 0.300. The predicted molar refractivity (Wildman–Crippen MR) is 66.9 cm³/mol. The molecule has 2 heterocycles. The predicted octanol–water partition coefficient (Wildman–Crippen LogP) is 3.68. The molecule has 0 saturated carbocycles. The number of aryl methyl sites for hydroxylation is 1. The van der Waals surface area contributed by atoms with Crippen molar-refractivity contribution in [2.75, 3.05) is 0 Å². The summed E-state index contributed by atoms with van der Waals surface area (Å²) in [5.41, 5.74) is 2.54. The van der Waals surface area contributed by atoms with Gasteiger partial charge in [-0.05, 0) is 42.0 Å². The molecule has 2 rings (SSSR count). The second kappa shape index (κ2) is 4.16. The lowest BCUT2D eigenvalue weighted by Crippen LogP contribution is -2.27. The summed E-state index contributed by atoms with van der Waals surface area (Å²) in [6, 6.07) is -0.0460. The van der Waals surface area contributed by atoms with Crippen LogP contribution in [0.1, 0.15) is 22.0 Å². The maximum atomic E-state index is 6.10. The first kappa shape index (κ1) is 11.0. The summed E-state index contributed by atoms with van der Waals surface area (Å²) in [6.45, 7) is 4.18. The zero-order valence-electron chi connectivity index (χ0n) is 8.34. The third-order valence-electron chi connectivity index (χ3n) is 2.43. The monoisotopic (exact) mass is 260 g/mol. The van der Waals surface area contributed by atoms with Crippen LogP contribution < -0.4 is 5.32 Å². The molecule has 1 aliphatic heterocycles. The maximum absolute atomic E-state index is 6.10. The van der Waals surface area contributed by atoms with E-state index in [-0.39, 0.29) is 6.04 Å². The molecule has 1 atom stereocenters. The molecule has 0 fully saturated rings. The Morgan fingerprint density at radius 3 is 2.73 bits per heavy atom. The van der Waals surface area contributed by atoms with Crippen LogP contribution >= 0.6 is 34.5 Å². The smallest absolute Gasteiger partial charge is 0.196 e. The Hall–Kier alpha value is -0.510. The van der Waals surface area contributed by atoms with Gasteiger partial charge in [-0.3, -0.25) is 0 Å². The summed E-state index contributed by atoms with van der Waals surface area (Å²) in [7, 11) is 0. The first-order valence-electron chi connectivity index (χ1n) is 4.49. The average molecular weight is 261 g/mol. The van der Waals surface area contributed by atoms with Gasteiger partial charge in [0.25, 0.3) is 0 Å². The van der Waals surface area contributed by atoms with Crippen molar-refractivity contribution in [1.82, 2.24) is 5.32 Å². The quantitative estimate of drug-likeness (QED) is 0.766. The highest BCUT2D eigenvalue weighted by Crippen LogP contribution is 2.34. The van der Waals surface area contributed by atoms with Crippen LogP contribution in [-0.2, 0) is 0 Å². The van der Waals surface area contributed by atoms with Crippen LogP contribution in [0.2, 0.25) is 0 Å². The topological polar surface area (TPSA) is 24.4 Å². The average Bonchev–Trinajstić information content (AvgIpc) is 2.52. The molecular formula is C10H10Cl2N2S. The Balaban J connectivity index is 2.37. The number of amidine groups is 1. The van der Waals surface area contributed by atoms with Crippen molar-refractivity contribution in [2.24, 2.45) is 4.99 Å². The molecule has 1 aromatic rings. The highest BCUT2D eigenvalue weighted by molar-refractivity contribution is 7.10. The van der Waals surface area contributed by atoms with Gasteiger partial charge in [-0.2, -0.15) is 0 Å². The second-order valence-corrected chi connectivity index (χ2v) is 5.12. The second-order valence-electron chi connectivity index (χ2n) is 3.42. The van der Waals surface area contributed by atoms with Gasteiger partial charge in [0.2, 0.25) is 0 Å². The van der Waals surface area contributed by atoms with E-state index in [0.717, 1.165) is 0 Å². The number of rotatable bonds is 1. The van der Waals surface area contributed by atoms with Crippen LogP contribution in [0.4, 0.5) is 0 Å². The van der Waals surface area contributed by atoms with Crippen molar-refractivity contribution in [1.29, 1.82) is 0 Å². The van der Waals surface area contributed by atoms with Crippen molar-refractivity contribution in [3.63, 3.8) is 0 Å². The molecular weight excluding hydrogens is 251 g/mol. The molecule has 0 radical (unpaired) electrons. The lowest BCUT2D eigenvalue weighted by atomic mass is 10.1. The van der Waals surface area contributed by atoms with Crippen LogP contribution in [0.15, 0.2) is 21.6 Å². The summed E-state index contributed by atoms with van der Waals surface area (Å²) >= 11 is 13.6. The molecule has 0 spiro atoms. The standard InChI is InChI=1S/C10H10Cl2N2S/c1-5-4-15-9(6(5)2)8-7(11)3-13-10(12)14-8/h3-4,8H,1-2H3,(H,13,14). The van der Waals surface area contributed by atoms with Crippen molar-refractivity contribution in [3.8, 4) is 0 Å². The summed E-state index contributed by atoms with van der Waals surface area (Å²) < 4.78 is 0. The van der Waals surface area contributed by atoms with Crippen LogP contribution in [0, 0.1) is 13.8 Å². The first-order chi connectivity index (χ1) is 7.09. The van der Waals surface area contributed by atoms with E-state index in [1.54, 1.807) is 17.5 Å². The molecule has 1 N–H and O–H groups in total. The summed E-state index contributed by atoms with van der Waals surface area (Å²) in [5.74, 6) is 0.